The van der Waals surface area contributed by atoms with Crippen molar-refractivity contribution in [2.75, 3.05) is 32.9 Å². The summed E-state index contributed by atoms with van der Waals surface area (Å²) in [5.74, 6) is 0.0398. The fourth-order valence-corrected chi connectivity index (χ4v) is 4.03. The van der Waals surface area contributed by atoms with E-state index in [1.807, 2.05) is 32.8 Å². The van der Waals surface area contributed by atoms with Gasteiger partial charge in [-0.2, -0.15) is 4.31 Å². The Labute approximate surface area is 115 Å². The highest BCUT2D eigenvalue weighted by atomic mass is 32.2. The van der Waals surface area contributed by atoms with Gasteiger partial charge in [0.2, 0.25) is 0 Å². The van der Waals surface area contributed by atoms with Crippen LogP contribution in [0.2, 0.25) is 0 Å². The summed E-state index contributed by atoms with van der Waals surface area (Å²) >= 11 is 0. The minimum Gasteiger partial charge on any atom is -0.381 e. The van der Waals surface area contributed by atoms with Gasteiger partial charge in [0.1, 0.15) is 0 Å². The summed E-state index contributed by atoms with van der Waals surface area (Å²) in [4.78, 5) is 5.80. The van der Waals surface area contributed by atoms with Crippen LogP contribution in [0.3, 0.4) is 0 Å². The number of hydrogen-bond acceptors (Lipinski definition) is 5. The monoisotopic (exact) mass is 289 g/mol. The van der Waals surface area contributed by atoms with Gasteiger partial charge in [-0.15, -0.1) is 0 Å². The molecule has 0 aliphatic rings. The molecule has 0 aliphatic heterocycles. The third-order valence-corrected chi connectivity index (χ3v) is 5.12. The minimum absolute atomic E-state index is 0.0398. The first-order chi connectivity index (χ1) is 8.71. The largest absolute Gasteiger partial charge is 0.381 e. The van der Waals surface area contributed by atoms with Crippen molar-refractivity contribution in [3.8, 4) is 0 Å². The molecule has 0 amide bonds. The van der Waals surface area contributed by atoms with E-state index in [4.69, 9.17) is 5.73 Å². The second-order valence-corrected chi connectivity index (χ2v) is 6.67. The fourth-order valence-electron chi connectivity index (χ4n) is 2.20. The number of aromatic nitrogens is 2. The van der Waals surface area contributed by atoms with Gasteiger partial charge in [-0.25, -0.2) is 13.4 Å². The predicted octanol–water partition coefficient (Wildman–Crippen LogP) is -0.0370. The van der Waals surface area contributed by atoms with Crippen molar-refractivity contribution >= 4 is 15.8 Å². The van der Waals surface area contributed by atoms with E-state index in [0.717, 1.165) is 0 Å². The molecule has 0 spiro atoms. The number of nitrogens with zero attached hydrogens (tertiary/aromatic N) is 4. The second-order valence-electron chi connectivity index (χ2n) is 4.87. The summed E-state index contributed by atoms with van der Waals surface area (Å²) in [7, 11) is 1.82. The molecule has 110 valence electrons. The maximum absolute atomic E-state index is 12.7. The van der Waals surface area contributed by atoms with E-state index >= 15 is 0 Å². The highest BCUT2D eigenvalue weighted by molar-refractivity contribution is 7.89. The standard InChI is InChI=1S/C11H23N5O2S/c1-6-16(9(2)7-14(3)4)19(17,18)11-10(12)13-8-15(11)5/h8-9H,6-7,12H2,1-5H3. The Balaban J connectivity index is 3.17. The van der Waals surface area contributed by atoms with Crippen molar-refractivity contribution in [3.63, 3.8) is 0 Å². The summed E-state index contributed by atoms with van der Waals surface area (Å²) in [6, 6.07) is -0.140. The first-order valence-corrected chi connectivity index (χ1v) is 7.59. The predicted molar refractivity (Wildman–Crippen MR) is 75.2 cm³/mol. The molecule has 0 bridgehead atoms. The molecule has 0 aliphatic carbocycles. The van der Waals surface area contributed by atoms with Gasteiger partial charge in [0.15, 0.2) is 10.8 Å². The zero-order valence-electron chi connectivity index (χ0n) is 12.2. The molecule has 8 heteroatoms. The lowest BCUT2D eigenvalue weighted by Gasteiger charge is -2.29. The van der Waals surface area contributed by atoms with E-state index in [0.29, 0.717) is 13.1 Å². The molecule has 1 unspecified atom stereocenters. The van der Waals surface area contributed by atoms with Gasteiger partial charge < -0.3 is 15.2 Å². The Bertz CT molecular complexity index is 504. The van der Waals surface area contributed by atoms with Gasteiger partial charge in [0.25, 0.3) is 10.0 Å². The maximum atomic E-state index is 12.7. The molecule has 7 nitrogen and oxygen atoms in total. The van der Waals surface area contributed by atoms with Crippen molar-refractivity contribution in [1.29, 1.82) is 0 Å². The normalized spacial score (nSPS) is 14.3. The molecule has 0 radical (unpaired) electrons. The SMILES string of the molecule is CCN(C(C)CN(C)C)S(=O)(=O)c1c(N)ncn1C. The van der Waals surface area contributed by atoms with E-state index in [2.05, 4.69) is 4.98 Å². The molecular formula is C11H23N5O2S. The number of sulfonamides is 1. The topological polar surface area (TPSA) is 84.5 Å². The Hall–Kier alpha value is -1.12. The number of aryl methyl sites for hydroxylation is 1. The summed E-state index contributed by atoms with van der Waals surface area (Å²) in [6.07, 6.45) is 1.41. The Morgan fingerprint density at radius 1 is 1.47 bits per heavy atom. The van der Waals surface area contributed by atoms with Crippen LogP contribution >= 0.6 is 0 Å². The molecule has 1 atom stereocenters. The van der Waals surface area contributed by atoms with Crippen LogP contribution in [-0.4, -0.2) is 60.4 Å². The van der Waals surface area contributed by atoms with Gasteiger partial charge in [0.05, 0.1) is 6.33 Å². The number of likely N-dealkylation sites (N-methyl/N-ethyl adjacent to an activating group) is 2. The third-order valence-electron chi connectivity index (χ3n) is 2.90. The number of rotatable bonds is 6. The molecule has 1 aromatic heterocycles. The second kappa shape index (κ2) is 5.89. The lowest BCUT2D eigenvalue weighted by molar-refractivity contribution is 0.270. The van der Waals surface area contributed by atoms with Crippen LogP contribution in [0.15, 0.2) is 11.4 Å². The van der Waals surface area contributed by atoms with Gasteiger partial charge in [-0.1, -0.05) is 6.92 Å². The molecule has 0 aromatic carbocycles. The van der Waals surface area contributed by atoms with Crippen molar-refractivity contribution < 1.29 is 8.42 Å². The van der Waals surface area contributed by atoms with Crippen LogP contribution in [0.1, 0.15) is 13.8 Å². The maximum Gasteiger partial charge on any atom is 0.262 e. The molecular weight excluding hydrogens is 266 g/mol. The summed E-state index contributed by atoms with van der Waals surface area (Å²) in [5.41, 5.74) is 5.67. The molecule has 0 fully saturated rings. The molecule has 0 saturated carbocycles. The van der Waals surface area contributed by atoms with Crippen molar-refractivity contribution in [3.05, 3.63) is 6.33 Å². The lowest BCUT2D eigenvalue weighted by Crippen LogP contribution is -2.44. The Morgan fingerprint density at radius 3 is 2.42 bits per heavy atom. The molecule has 0 saturated heterocycles. The number of anilines is 1. The van der Waals surface area contributed by atoms with E-state index in [-0.39, 0.29) is 16.9 Å². The molecule has 1 rings (SSSR count). The van der Waals surface area contributed by atoms with E-state index in [1.165, 1.54) is 15.2 Å². The quantitative estimate of drug-likeness (QED) is 0.794. The number of nitrogen functional groups attached to an aromatic ring is 1. The van der Waals surface area contributed by atoms with Gasteiger partial charge >= 0.3 is 0 Å². The van der Waals surface area contributed by atoms with Crippen molar-refractivity contribution in [2.24, 2.45) is 7.05 Å². The van der Waals surface area contributed by atoms with E-state index in [9.17, 15) is 8.42 Å². The van der Waals surface area contributed by atoms with Gasteiger partial charge in [-0.05, 0) is 21.0 Å². The zero-order valence-corrected chi connectivity index (χ0v) is 13.0. The van der Waals surface area contributed by atoms with Gasteiger partial charge in [-0.3, -0.25) is 0 Å². The Morgan fingerprint density at radius 2 is 2.05 bits per heavy atom. The Kier molecular flexibility index (Phi) is 4.94. The highest BCUT2D eigenvalue weighted by Gasteiger charge is 2.32. The first-order valence-electron chi connectivity index (χ1n) is 6.15. The average molecular weight is 289 g/mol. The van der Waals surface area contributed by atoms with Crippen LogP contribution in [-0.2, 0) is 17.1 Å². The molecule has 1 heterocycles. The smallest absolute Gasteiger partial charge is 0.262 e. The summed E-state index contributed by atoms with van der Waals surface area (Å²) < 4.78 is 28.2. The molecule has 1 aromatic rings. The minimum atomic E-state index is -3.63. The molecule has 2 N–H and O–H groups in total. The number of hydrogen-bond donors (Lipinski definition) is 1. The zero-order chi connectivity index (χ0) is 14.8. The van der Waals surface area contributed by atoms with E-state index in [1.54, 1.807) is 7.05 Å². The summed E-state index contributed by atoms with van der Waals surface area (Å²) in [5, 5.41) is 0.0555. The number of nitrogens with two attached hydrogens (primary N) is 1. The molecule has 19 heavy (non-hydrogen) atoms. The van der Waals surface area contributed by atoms with Crippen LogP contribution in [0.4, 0.5) is 5.82 Å². The van der Waals surface area contributed by atoms with Crippen LogP contribution < -0.4 is 5.73 Å². The van der Waals surface area contributed by atoms with Gasteiger partial charge in [0, 0.05) is 26.2 Å². The summed E-state index contributed by atoms with van der Waals surface area (Å²) in [6.45, 7) is 4.73. The average Bonchev–Trinajstić information content (AvgIpc) is 2.58. The third kappa shape index (κ3) is 3.26. The first kappa shape index (κ1) is 15.9. The highest BCUT2D eigenvalue weighted by Crippen LogP contribution is 2.22. The van der Waals surface area contributed by atoms with Crippen LogP contribution in [0.25, 0.3) is 0 Å². The lowest BCUT2D eigenvalue weighted by atomic mass is 10.3. The van der Waals surface area contributed by atoms with E-state index < -0.39 is 10.0 Å². The van der Waals surface area contributed by atoms with Crippen LogP contribution in [0.5, 0.6) is 0 Å². The number of imidazole rings is 1. The van der Waals surface area contributed by atoms with Crippen molar-refractivity contribution in [1.82, 2.24) is 18.8 Å². The van der Waals surface area contributed by atoms with Crippen molar-refractivity contribution in [2.45, 2.75) is 24.9 Å². The fraction of sp³-hybridized carbons (Fsp3) is 0.727. The van der Waals surface area contributed by atoms with Crippen LogP contribution in [0, 0.1) is 0 Å².